The van der Waals surface area contributed by atoms with Crippen LogP contribution in [0.5, 0.6) is 0 Å². The van der Waals surface area contributed by atoms with Crippen LogP contribution in [0.1, 0.15) is 10.4 Å². The zero-order valence-corrected chi connectivity index (χ0v) is 8.94. The van der Waals surface area contributed by atoms with Crippen molar-refractivity contribution in [2.45, 2.75) is 0 Å². The Bertz CT molecular complexity index is 436. The lowest BCUT2D eigenvalue weighted by Crippen LogP contribution is -2.07. The molecule has 1 aromatic rings. The summed E-state index contributed by atoms with van der Waals surface area (Å²) in [7, 11) is 1.96. The molecule has 0 aliphatic carbocycles. The molecule has 6 nitrogen and oxygen atoms in total. The molecule has 1 rings (SSSR count). The van der Waals surface area contributed by atoms with E-state index < -0.39 is 33.8 Å². The van der Waals surface area contributed by atoms with Crippen LogP contribution >= 0.6 is 0 Å². The maximum atomic E-state index is 13.0. The number of hydrogen-bond acceptors (Lipinski definition) is 5. The summed E-state index contributed by atoms with van der Waals surface area (Å²) < 4.78 is 29.9. The van der Waals surface area contributed by atoms with E-state index in [1.165, 1.54) is 0 Å². The molecule has 0 aliphatic rings. The number of ether oxygens (including phenoxy) is 1. The molecule has 0 spiro atoms. The highest BCUT2D eigenvalue weighted by Crippen LogP contribution is 2.20. The lowest BCUT2D eigenvalue weighted by atomic mass is 10.2. The molecule has 0 saturated heterocycles. The van der Waals surface area contributed by atoms with Crippen LogP contribution in [-0.2, 0) is 4.74 Å². The summed E-state index contributed by atoms with van der Waals surface area (Å²) in [5.74, 6) is -4.10. The Kier molecular flexibility index (Phi) is 5.69. The number of rotatable bonds is 2. The van der Waals surface area contributed by atoms with E-state index in [9.17, 15) is 23.7 Å². The van der Waals surface area contributed by atoms with Crippen molar-refractivity contribution < 1.29 is 28.3 Å². The topological polar surface area (TPSA) is 89.7 Å². The minimum absolute atomic E-state index is 0.391. The van der Waals surface area contributed by atoms with E-state index >= 15 is 0 Å². The first-order valence-corrected chi connectivity index (χ1v) is 4.14. The average Bonchev–Trinajstić information content (AvgIpc) is 2.33. The minimum atomic E-state index is -1.47. The highest BCUT2D eigenvalue weighted by molar-refractivity contribution is 5.90. The van der Waals surface area contributed by atoms with E-state index in [1.54, 1.807) is 0 Å². The number of aliphatic hydroxyl groups excluding tert-OH is 1. The second-order valence-electron chi connectivity index (χ2n) is 2.54. The summed E-state index contributed by atoms with van der Waals surface area (Å²) in [5, 5.41) is 17.3. The highest BCUT2D eigenvalue weighted by Gasteiger charge is 2.21. The van der Waals surface area contributed by atoms with Crippen LogP contribution in [0.4, 0.5) is 14.5 Å². The van der Waals surface area contributed by atoms with Crippen molar-refractivity contribution in [1.29, 1.82) is 0 Å². The SMILES string of the molecule is CO.COC(=O)c1cc([N+](=O)[O-])cc(F)c1F. The van der Waals surface area contributed by atoms with E-state index in [4.69, 9.17) is 5.11 Å². The Morgan fingerprint density at radius 2 is 1.94 bits per heavy atom. The van der Waals surface area contributed by atoms with Gasteiger partial charge in [-0.25, -0.2) is 13.6 Å². The Morgan fingerprint density at radius 1 is 1.41 bits per heavy atom. The second-order valence-corrected chi connectivity index (χ2v) is 2.54. The minimum Gasteiger partial charge on any atom is -0.465 e. The van der Waals surface area contributed by atoms with Gasteiger partial charge in [0.2, 0.25) is 0 Å². The maximum absolute atomic E-state index is 13.0. The maximum Gasteiger partial charge on any atom is 0.341 e. The monoisotopic (exact) mass is 249 g/mol. The molecule has 0 atom stereocenters. The molecule has 8 heteroatoms. The van der Waals surface area contributed by atoms with Gasteiger partial charge in [-0.3, -0.25) is 10.1 Å². The van der Waals surface area contributed by atoms with Crippen LogP contribution in [0.25, 0.3) is 0 Å². The summed E-state index contributed by atoms with van der Waals surface area (Å²) in [6.07, 6.45) is 0. The van der Waals surface area contributed by atoms with Crippen molar-refractivity contribution in [3.8, 4) is 0 Å². The number of nitrogens with zero attached hydrogens (tertiary/aromatic N) is 1. The van der Waals surface area contributed by atoms with Crippen LogP contribution < -0.4 is 0 Å². The number of non-ortho nitro benzene ring substituents is 1. The van der Waals surface area contributed by atoms with Crippen molar-refractivity contribution in [3.63, 3.8) is 0 Å². The smallest absolute Gasteiger partial charge is 0.341 e. The van der Waals surface area contributed by atoms with Gasteiger partial charge in [-0.2, -0.15) is 0 Å². The van der Waals surface area contributed by atoms with Gasteiger partial charge < -0.3 is 9.84 Å². The number of halogens is 2. The lowest BCUT2D eigenvalue weighted by Gasteiger charge is -2.01. The number of nitro groups is 1. The van der Waals surface area contributed by atoms with E-state index in [1.807, 2.05) is 0 Å². The van der Waals surface area contributed by atoms with E-state index in [0.29, 0.717) is 12.1 Å². The van der Waals surface area contributed by atoms with Gasteiger partial charge in [0.05, 0.1) is 18.1 Å². The molecular weight excluding hydrogens is 240 g/mol. The number of carbonyl (C=O) groups is 1. The Balaban J connectivity index is 0.00000121. The third kappa shape index (κ3) is 3.45. The molecule has 0 aromatic heterocycles. The predicted molar refractivity (Wildman–Crippen MR) is 52.5 cm³/mol. The van der Waals surface area contributed by atoms with Gasteiger partial charge in [0.15, 0.2) is 11.6 Å². The van der Waals surface area contributed by atoms with Crippen molar-refractivity contribution in [1.82, 2.24) is 0 Å². The fraction of sp³-hybridized carbons (Fsp3) is 0.222. The predicted octanol–water partition coefficient (Wildman–Crippen LogP) is 1.27. The van der Waals surface area contributed by atoms with Gasteiger partial charge in [0, 0.05) is 13.2 Å². The standard InChI is InChI=1S/C8H5F2NO4.CH4O/c1-15-8(12)5-2-4(11(13)14)3-6(9)7(5)10;1-2/h2-3H,1H3;2H,1H3. The van der Waals surface area contributed by atoms with Crippen LogP contribution in [0, 0.1) is 21.7 Å². The van der Waals surface area contributed by atoms with Gasteiger partial charge in [-0.1, -0.05) is 0 Å². The molecule has 0 heterocycles. The molecule has 0 unspecified atom stereocenters. The first-order chi connectivity index (χ1) is 7.97. The summed E-state index contributed by atoms with van der Waals surface area (Å²) in [5.41, 5.74) is -1.52. The molecule has 0 fully saturated rings. The zero-order chi connectivity index (χ0) is 13.6. The van der Waals surface area contributed by atoms with Gasteiger partial charge in [0.25, 0.3) is 5.69 Å². The number of nitro benzene ring substituents is 1. The molecule has 0 amide bonds. The Labute approximate surface area is 94.6 Å². The molecule has 1 N–H and O–H groups in total. The molecule has 0 radical (unpaired) electrons. The van der Waals surface area contributed by atoms with Gasteiger partial charge in [-0.05, 0) is 0 Å². The van der Waals surface area contributed by atoms with E-state index in [0.717, 1.165) is 14.2 Å². The van der Waals surface area contributed by atoms with Crippen LogP contribution in [0.2, 0.25) is 0 Å². The van der Waals surface area contributed by atoms with Crippen molar-refractivity contribution in [3.05, 3.63) is 39.4 Å². The van der Waals surface area contributed by atoms with Crippen LogP contribution in [0.15, 0.2) is 12.1 Å². The fourth-order valence-electron chi connectivity index (χ4n) is 0.939. The molecule has 94 valence electrons. The van der Waals surface area contributed by atoms with Crippen LogP contribution in [-0.4, -0.2) is 30.2 Å². The Morgan fingerprint density at radius 3 is 2.35 bits per heavy atom. The molecule has 17 heavy (non-hydrogen) atoms. The summed E-state index contributed by atoms with van der Waals surface area (Å²) in [6, 6.07) is 1.01. The number of aliphatic hydroxyl groups is 1. The third-order valence-electron chi connectivity index (χ3n) is 1.63. The summed E-state index contributed by atoms with van der Waals surface area (Å²) >= 11 is 0. The van der Waals surface area contributed by atoms with E-state index in [-0.39, 0.29) is 0 Å². The van der Waals surface area contributed by atoms with Crippen molar-refractivity contribution in [2.24, 2.45) is 0 Å². The average molecular weight is 249 g/mol. The molecule has 0 aliphatic heterocycles. The largest absolute Gasteiger partial charge is 0.465 e. The molecular formula is C9H9F2NO5. The van der Waals surface area contributed by atoms with Crippen molar-refractivity contribution >= 4 is 11.7 Å². The molecule has 0 bridgehead atoms. The summed E-state index contributed by atoms with van der Waals surface area (Å²) in [4.78, 5) is 20.3. The molecule has 1 aromatic carbocycles. The van der Waals surface area contributed by atoms with Crippen molar-refractivity contribution in [2.75, 3.05) is 14.2 Å². The Hall–Kier alpha value is -2.09. The second kappa shape index (κ2) is 6.48. The van der Waals surface area contributed by atoms with Gasteiger partial charge in [-0.15, -0.1) is 0 Å². The number of benzene rings is 1. The normalized spacial score (nSPS) is 9.00. The third-order valence-corrected chi connectivity index (χ3v) is 1.63. The zero-order valence-electron chi connectivity index (χ0n) is 8.94. The number of hydrogen-bond donors (Lipinski definition) is 1. The summed E-state index contributed by atoms with van der Waals surface area (Å²) in [6.45, 7) is 0. The van der Waals surface area contributed by atoms with E-state index in [2.05, 4.69) is 4.74 Å². The van der Waals surface area contributed by atoms with Gasteiger partial charge >= 0.3 is 5.97 Å². The molecule has 0 saturated carbocycles. The number of methoxy groups -OCH3 is 1. The first-order valence-electron chi connectivity index (χ1n) is 4.14. The fourth-order valence-corrected chi connectivity index (χ4v) is 0.939. The quantitative estimate of drug-likeness (QED) is 0.484. The van der Waals surface area contributed by atoms with Crippen LogP contribution in [0.3, 0.4) is 0 Å². The first kappa shape index (κ1) is 14.9. The lowest BCUT2D eigenvalue weighted by molar-refractivity contribution is -0.385. The van der Waals surface area contributed by atoms with Gasteiger partial charge in [0.1, 0.15) is 5.56 Å². The number of carbonyl (C=O) groups excluding carboxylic acids is 1. The number of esters is 1. The highest BCUT2D eigenvalue weighted by atomic mass is 19.2.